The molecule has 1 aromatic heterocycles. The number of nitrogens with one attached hydrogen (secondary N) is 1. The third kappa shape index (κ3) is 6.90. The molecule has 4 nitrogen and oxygen atoms in total. The lowest BCUT2D eigenvalue weighted by molar-refractivity contribution is 0.0264. The topological polar surface area (TPSA) is 36.9 Å². The van der Waals surface area contributed by atoms with Crippen molar-refractivity contribution >= 4 is 41.3 Å². The van der Waals surface area contributed by atoms with Gasteiger partial charge in [0.2, 0.25) is 0 Å². The minimum Gasteiger partial charge on any atom is -0.377 e. The molecule has 116 valence electrons. The van der Waals surface area contributed by atoms with Gasteiger partial charge in [-0.15, -0.1) is 35.3 Å². The Morgan fingerprint density at radius 3 is 2.70 bits per heavy atom. The van der Waals surface area contributed by atoms with E-state index in [2.05, 4.69) is 53.6 Å². The number of hydrogen-bond acceptors (Lipinski definition) is 3. The van der Waals surface area contributed by atoms with E-state index in [4.69, 9.17) is 4.74 Å². The summed E-state index contributed by atoms with van der Waals surface area (Å²) in [5.74, 6) is 0.904. The number of ether oxygens (including phenoxy) is 1. The zero-order valence-corrected chi connectivity index (χ0v) is 16.1. The second-order valence-corrected chi connectivity index (χ2v) is 6.15. The van der Waals surface area contributed by atoms with Crippen LogP contribution in [0, 0.1) is 0 Å². The van der Waals surface area contributed by atoms with Crippen LogP contribution in [0.3, 0.4) is 0 Å². The van der Waals surface area contributed by atoms with Crippen LogP contribution < -0.4 is 5.32 Å². The minimum atomic E-state index is -0.190. The molecule has 0 bridgehead atoms. The van der Waals surface area contributed by atoms with E-state index in [1.54, 1.807) is 18.4 Å². The van der Waals surface area contributed by atoms with Crippen LogP contribution in [0.5, 0.6) is 0 Å². The van der Waals surface area contributed by atoms with E-state index in [1.165, 1.54) is 4.88 Å². The number of likely N-dealkylation sites (N-methyl/N-ethyl adjacent to an activating group) is 1. The van der Waals surface area contributed by atoms with Gasteiger partial charge in [0.05, 0.1) is 5.60 Å². The Morgan fingerprint density at radius 1 is 1.50 bits per heavy atom. The Kier molecular flexibility index (Phi) is 9.41. The lowest BCUT2D eigenvalue weighted by atomic mass is 10.1. The maximum absolute atomic E-state index is 5.40. The summed E-state index contributed by atoms with van der Waals surface area (Å²) in [5, 5.41) is 5.46. The first-order valence-electron chi connectivity index (χ1n) is 6.48. The molecule has 0 amide bonds. The number of aliphatic imine (C=N–C) groups is 1. The molecule has 0 saturated heterocycles. The zero-order valence-electron chi connectivity index (χ0n) is 13.0. The van der Waals surface area contributed by atoms with Crippen molar-refractivity contribution in [2.75, 3.05) is 34.3 Å². The second-order valence-electron chi connectivity index (χ2n) is 5.12. The van der Waals surface area contributed by atoms with Gasteiger partial charge in [0.1, 0.15) is 0 Å². The van der Waals surface area contributed by atoms with E-state index < -0.39 is 0 Å². The molecule has 1 N–H and O–H groups in total. The number of halogens is 1. The Balaban J connectivity index is 0.00000361. The summed E-state index contributed by atoms with van der Waals surface area (Å²) >= 11 is 1.80. The lowest BCUT2D eigenvalue weighted by Gasteiger charge is -2.27. The van der Waals surface area contributed by atoms with Crippen molar-refractivity contribution in [1.29, 1.82) is 0 Å². The van der Waals surface area contributed by atoms with Gasteiger partial charge in [0, 0.05) is 39.2 Å². The largest absolute Gasteiger partial charge is 0.377 e. The van der Waals surface area contributed by atoms with Crippen molar-refractivity contribution in [3.63, 3.8) is 0 Å². The van der Waals surface area contributed by atoms with E-state index in [-0.39, 0.29) is 29.6 Å². The fraction of sp³-hybridized carbons (Fsp3) is 0.643. The van der Waals surface area contributed by atoms with Crippen LogP contribution in [0.25, 0.3) is 0 Å². The fourth-order valence-electron chi connectivity index (χ4n) is 1.59. The molecule has 0 aliphatic carbocycles. The number of guanidine groups is 1. The first-order valence-corrected chi connectivity index (χ1v) is 7.36. The molecule has 0 atom stereocenters. The molecule has 0 aromatic carbocycles. The minimum absolute atomic E-state index is 0. The molecular formula is C14H26IN3OS. The first kappa shape index (κ1) is 19.7. The molecule has 1 heterocycles. The highest BCUT2D eigenvalue weighted by molar-refractivity contribution is 14.0. The Bertz CT molecular complexity index is 393. The predicted molar refractivity (Wildman–Crippen MR) is 98.5 cm³/mol. The van der Waals surface area contributed by atoms with E-state index in [0.717, 1.165) is 25.5 Å². The molecule has 0 unspecified atom stereocenters. The molecule has 0 fully saturated rings. The molecule has 20 heavy (non-hydrogen) atoms. The molecule has 0 aliphatic heterocycles. The third-order valence-corrected chi connectivity index (χ3v) is 4.01. The maximum Gasteiger partial charge on any atom is 0.193 e. The van der Waals surface area contributed by atoms with Crippen LogP contribution in [0.15, 0.2) is 22.5 Å². The number of hydrogen-bond donors (Lipinski definition) is 1. The number of thiophene rings is 1. The summed E-state index contributed by atoms with van der Waals surface area (Å²) in [4.78, 5) is 7.85. The second kappa shape index (κ2) is 9.57. The lowest BCUT2D eigenvalue weighted by Crippen LogP contribution is -2.46. The Labute approximate surface area is 143 Å². The summed E-state index contributed by atoms with van der Waals surface area (Å²) in [7, 11) is 5.59. The first-order chi connectivity index (χ1) is 8.98. The Hall–Kier alpha value is -0.340. The average molecular weight is 411 g/mol. The summed E-state index contributed by atoms with van der Waals surface area (Å²) in [6.45, 7) is 5.80. The van der Waals surface area contributed by atoms with Crippen LogP contribution in [-0.2, 0) is 11.2 Å². The van der Waals surface area contributed by atoms with Crippen LogP contribution in [0.4, 0.5) is 0 Å². The molecular weight excluding hydrogens is 385 g/mol. The molecule has 1 rings (SSSR count). The summed E-state index contributed by atoms with van der Waals surface area (Å²) in [6, 6.07) is 4.26. The van der Waals surface area contributed by atoms with E-state index >= 15 is 0 Å². The molecule has 0 saturated carbocycles. The number of rotatable bonds is 6. The Morgan fingerprint density at radius 2 is 2.20 bits per heavy atom. The van der Waals surface area contributed by atoms with Gasteiger partial charge in [-0.25, -0.2) is 0 Å². The van der Waals surface area contributed by atoms with Crippen LogP contribution in [0.2, 0.25) is 0 Å². The standard InChI is InChI=1S/C14H25N3OS.HI/c1-14(2,18-5)11-16-13(15-3)17(4)9-8-12-7-6-10-19-12;/h6-7,10H,8-9,11H2,1-5H3,(H,15,16);1H. The van der Waals surface area contributed by atoms with Crippen LogP contribution >= 0.6 is 35.3 Å². The van der Waals surface area contributed by atoms with Gasteiger partial charge >= 0.3 is 0 Å². The van der Waals surface area contributed by atoms with E-state index in [1.807, 2.05) is 7.05 Å². The van der Waals surface area contributed by atoms with Gasteiger partial charge in [0.25, 0.3) is 0 Å². The highest BCUT2D eigenvalue weighted by Crippen LogP contribution is 2.09. The molecule has 0 radical (unpaired) electrons. The van der Waals surface area contributed by atoms with Crippen LogP contribution in [0.1, 0.15) is 18.7 Å². The van der Waals surface area contributed by atoms with Gasteiger partial charge in [-0.1, -0.05) is 6.07 Å². The van der Waals surface area contributed by atoms with Crippen molar-refractivity contribution in [2.45, 2.75) is 25.9 Å². The summed E-state index contributed by atoms with van der Waals surface area (Å²) < 4.78 is 5.40. The van der Waals surface area contributed by atoms with Crippen molar-refractivity contribution in [3.8, 4) is 0 Å². The highest BCUT2D eigenvalue weighted by Gasteiger charge is 2.17. The van der Waals surface area contributed by atoms with Gasteiger partial charge in [-0.3, -0.25) is 4.99 Å². The molecule has 0 aliphatic rings. The number of methoxy groups -OCH3 is 1. The quantitative estimate of drug-likeness (QED) is 0.445. The predicted octanol–water partition coefficient (Wildman–Crippen LogP) is 2.84. The van der Waals surface area contributed by atoms with Crippen molar-refractivity contribution in [3.05, 3.63) is 22.4 Å². The maximum atomic E-state index is 5.40. The molecule has 0 spiro atoms. The van der Waals surface area contributed by atoms with Crippen molar-refractivity contribution in [2.24, 2.45) is 4.99 Å². The highest BCUT2D eigenvalue weighted by atomic mass is 127. The van der Waals surface area contributed by atoms with E-state index in [9.17, 15) is 0 Å². The van der Waals surface area contributed by atoms with Crippen molar-refractivity contribution < 1.29 is 4.74 Å². The summed E-state index contributed by atoms with van der Waals surface area (Å²) in [6.07, 6.45) is 1.04. The zero-order chi connectivity index (χ0) is 14.3. The van der Waals surface area contributed by atoms with Gasteiger partial charge < -0.3 is 15.0 Å². The number of nitrogens with zero attached hydrogens (tertiary/aromatic N) is 2. The van der Waals surface area contributed by atoms with Gasteiger partial charge in [0.15, 0.2) is 5.96 Å². The van der Waals surface area contributed by atoms with Gasteiger partial charge in [-0.2, -0.15) is 0 Å². The summed E-state index contributed by atoms with van der Waals surface area (Å²) in [5.41, 5.74) is -0.190. The average Bonchev–Trinajstić information content (AvgIpc) is 2.90. The van der Waals surface area contributed by atoms with Crippen molar-refractivity contribution in [1.82, 2.24) is 10.2 Å². The van der Waals surface area contributed by atoms with E-state index in [0.29, 0.717) is 0 Å². The SMILES string of the molecule is CN=C(NCC(C)(C)OC)N(C)CCc1cccs1.I. The molecule has 1 aromatic rings. The smallest absolute Gasteiger partial charge is 0.193 e. The third-order valence-electron chi connectivity index (χ3n) is 3.07. The molecule has 6 heteroatoms. The van der Waals surface area contributed by atoms with Crippen LogP contribution in [-0.4, -0.2) is 50.8 Å². The fourth-order valence-corrected chi connectivity index (χ4v) is 2.29. The monoisotopic (exact) mass is 411 g/mol. The van der Waals surface area contributed by atoms with Gasteiger partial charge in [-0.05, 0) is 31.7 Å². The normalized spacial score (nSPS) is 11.9.